The molecule has 5 nitrogen and oxygen atoms in total. The molecule has 3 N–H and O–H groups in total. The zero-order chi connectivity index (χ0) is 34.7. The third-order valence-corrected chi connectivity index (χ3v) is 10.1. The molecule has 0 aliphatic carbocycles. The number of nitrogens with zero attached hydrogens (tertiary/aromatic N) is 1. The molecule has 1 amide bonds. The number of hydrogen-bond donors (Lipinski definition) is 3. The molecule has 0 saturated heterocycles. The molecule has 0 spiro atoms. The summed E-state index contributed by atoms with van der Waals surface area (Å²) in [5, 5.41) is 36.8. The third kappa shape index (κ3) is 10.5. The predicted molar refractivity (Wildman–Crippen MR) is 199 cm³/mol. The maximum Gasteiger partial charge on any atom is 0.259 e. The van der Waals surface area contributed by atoms with Crippen molar-refractivity contribution in [2.45, 2.75) is 139 Å². The van der Waals surface area contributed by atoms with E-state index < -0.39 is 29.1 Å². The second kappa shape index (κ2) is 21.2. The first-order valence-corrected chi connectivity index (χ1v) is 18.8. The van der Waals surface area contributed by atoms with E-state index in [1.165, 1.54) is 81.9 Å². The van der Waals surface area contributed by atoms with Gasteiger partial charge in [-0.2, -0.15) is 0 Å². The molecule has 0 aromatic heterocycles. The Labute approximate surface area is 291 Å². The van der Waals surface area contributed by atoms with Gasteiger partial charge < -0.3 is 20.2 Å². The van der Waals surface area contributed by atoms with Gasteiger partial charge in [0, 0.05) is 14.1 Å². The SMILES string of the molecule is CCCCCCCCCCCCCCCCCCC(O)C(O)(C(=O)N(C)C)C(O)C(c1ccccc1)(c1ccccc1)c1ccccc1. The number of carbonyl (C=O) groups is 1. The first kappa shape index (κ1) is 39.4. The van der Waals surface area contributed by atoms with Crippen molar-refractivity contribution in [1.82, 2.24) is 4.90 Å². The van der Waals surface area contributed by atoms with Crippen LogP contribution in [-0.4, -0.2) is 58.0 Å². The van der Waals surface area contributed by atoms with Crippen molar-refractivity contribution in [3.63, 3.8) is 0 Å². The summed E-state index contributed by atoms with van der Waals surface area (Å²) < 4.78 is 0. The van der Waals surface area contributed by atoms with Crippen LogP contribution in [0.2, 0.25) is 0 Å². The molecule has 3 aromatic carbocycles. The molecule has 0 saturated carbocycles. The molecule has 0 bridgehead atoms. The summed E-state index contributed by atoms with van der Waals surface area (Å²) in [5.41, 5.74) is -1.67. The van der Waals surface area contributed by atoms with E-state index in [0.29, 0.717) is 6.42 Å². The maximum atomic E-state index is 13.9. The third-order valence-electron chi connectivity index (χ3n) is 10.1. The van der Waals surface area contributed by atoms with Gasteiger partial charge in [0.2, 0.25) is 0 Å². The van der Waals surface area contributed by atoms with E-state index in [4.69, 9.17) is 0 Å². The number of hydrogen-bond acceptors (Lipinski definition) is 4. The van der Waals surface area contributed by atoms with Crippen molar-refractivity contribution < 1.29 is 20.1 Å². The van der Waals surface area contributed by atoms with E-state index in [9.17, 15) is 20.1 Å². The fraction of sp³-hybridized carbons (Fsp3) is 0.558. The van der Waals surface area contributed by atoms with Gasteiger partial charge in [-0.3, -0.25) is 4.79 Å². The van der Waals surface area contributed by atoms with E-state index >= 15 is 0 Å². The van der Waals surface area contributed by atoms with Crippen molar-refractivity contribution in [1.29, 1.82) is 0 Å². The van der Waals surface area contributed by atoms with Crippen LogP contribution in [0.5, 0.6) is 0 Å². The average molecular weight is 658 g/mol. The molecule has 3 unspecified atom stereocenters. The van der Waals surface area contributed by atoms with E-state index in [0.717, 1.165) is 36.0 Å². The standard InChI is InChI=1S/C43H63NO4/c1-4-5-6-7-8-9-10-11-12-13-14-15-16-17-18-28-35-39(45)43(48,41(47)44(2)3)40(46)42(36-29-22-19-23-30-36,37-31-24-20-25-32-37)38-33-26-21-27-34-38/h19-27,29-34,39-40,45-46,48H,4-18,28,35H2,1-3H3. The average Bonchev–Trinajstić information content (AvgIpc) is 3.12. The Kier molecular flexibility index (Phi) is 17.4. The summed E-state index contributed by atoms with van der Waals surface area (Å²) in [6.45, 7) is 2.27. The zero-order valence-electron chi connectivity index (χ0n) is 30.0. The normalized spacial score (nSPS) is 14.3. The number of benzene rings is 3. The Morgan fingerprint density at radius 2 is 0.875 bits per heavy atom. The molecule has 3 rings (SSSR count). The number of aliphatic hydroxyl groups excluding tert-OH is 2. The molecule has 264 valence electrons. The molecule has 48 heavy (non-hydrogen) atoms. The van der Waals surface area contributed by atoms with Gasteiger partial charge in [0.25, 0.3) is 5.91 Å². The van der Waals surface area contributed by atoms with Gasteiger partial charge in [-0.15, -0.1) is 0 Å². The van der Waals surface area contributed by atoms with Gasteiger partial charge in [-0.05, 0) is 23.1 Å². The lowest BCUT2D eigenvalue weighted by molar-refractivity contribution is -0.189. The molecule has 0 aliphatic heterocycles. The highest BCUT2D eigenvalue weighted by atomic mass is 16.4. The molecule has 0 heterocycles. The number of carbonyl (C=O) groups excluding carboxylic acids is 1. The lowest BCUT2D eigenvalue weighted by Crippen LogP contribution is -2.67. The quantitative estimate of drug-likeness (QED) is 0.0663. The molecule has 5 heteroatoms. The second-order valence-electron chi connectivity index (χ2n) is 13.9. The van der Waals surface area contributed by atoms with Crippen molar-refractivity contribution in [3.05, 3.63) is 108 Å². The summed E-state index contributed by atoms with van der Waals surface area (Å²) in [6.07, 6.45) is 16.9. The van der Waals surface area contributed by atoms with Gasteiger partial charge >= 0.3 is 0 Å². The smallest absolute Gasteiger partial charge is 0.259 e. The van der Waals surface area contributed by atoms with Crippen LogP contribution in [-0.2, 0) is 10.2 Å². The van der Waals surface area contributed by atoms with Crippen molar-refractivity contribution >= 4 is 5.91 Å². The minimum atomic E-state index is -2.47. The van der Waals surface area contributed by atoms with E-state index in [1.807, 2.05) is 91.0 Å². The number of rotatable bonds is 24. The largest absolute Gasteiger partial charge is 0.389 e. The van der Waals surface area contributed by atoms with Crippen molar-refractivity contribution in [2.75, 3.05) is 14.1 Å². The number of unbranched alkanes of at least 4 members (excludes halogenated alkanes) is 15. The van der Waals surface area contributed by atoms with Crippen molar-refractivity contribution in [2.24, 2.45) is 0 Å². The Morgan fingerprint density at radius 3 is 1.19 bits per heavy atom. The Bertz CT molecular complexity index is 1170. The number of likely N-dealkylation sites (N-methyl/N-ethyl adjacent to an activating group) is 1. The van der Waals surface area contributed by atoms with Crippen LogP contribution in [0, 0.1) is 0 Å². The van der Waals surface area contributed by atoms with Gasteiger partial charge in [-0.25, -0.2) is 0 Å². The monoisotopic (exact) mass is 657 g/mol. The highest BCUT2D eigenvalue weighted by Gasteiger charge is 2.59. The lowest BCUT2D eigenvalue weighted by atomic mass is 9.60. The van der Waals surface area contributed by atoms with Crippen LogP contribution in [0.4, 0.5) is 0 Å². The van der Waals surface area contributed by atoms with E-state index in [-0.39, 0.29) is 6.42 Å². The highest BCUT2D eigenvalue weighted by Crippen LogP contribution is 2.47. The maximum absolute atomic E-state index is 13.9. The van der Waals surface area contributed by atoms with Crippen LogP contribution < -0.4 is 0 Å². The molecule has 0 aliphatic rings. The molecular weight excluding hydrogens is 594 g/mol. The summed E-state index contributed by atoms with van der Waals surface area (Å²) >= 11 is 0. The van der Waals surface area contributed by atoms with Crippen LogP contribution in [0.3, 0.4) is 0 Å². The minimum Gasteiger partial charge on any atom is -0.389 e. The minimum absolute atomic E-state index is 0.208. The molecule has 0 fully saturated rings. The Balaban J connectivity index is 1.66. The highest BCUT2D eigenvalue weighted by molar-refractivity contribution is 5.87. The first-order valence-electron chi connectivity index (χ1n) is 18.8. The predicted octanol–water partition coefficient (Wildman–Crippen LogP) is 9.21. The number of aliphatic hydroxyl groups is 3. The van der Waals surface area contributed by atoms with Crippen LogP contribution >= 0.6 is 0 Å². The van der Waals surface area contributed by atoms with Crippen LogP contribution in [0.1, 0.15) is 133 Å². The first-order chi connectivity index (χ1) is 23.3. The Morgan fingerprint density at radius 1 is 0.562 bits per heavy atom. The van der Waals surface area contributed by atoms with Crippen LogP contribution in [0.25, 0.3) is 0 Å². The van der Waals surface area contributed by atoms with Gasteiger partial charge in [0.15, 0.2) is 5.60 Å². The fourth-order valence-electron chi connectivity index (χ4n) is 7.31. The van der Waals surface area contributed by atoms with E-state index in [2.05, 4.69) is 6.92 Å². The summed E-state index contributed by atoms with van der Waals surface area (Å²) in [4.78, 5) is 15.2. The van der Waals surface area contributed by atoms with E-state index in [1.54, 1.807) is 14.1 Å². The zero-order valence-corrected chi connectivity index (χ0v) is 30.0. The number of amides is 1. The van der Waals surface area contributed by atoms with Gasteiger partial charge in [0.1, 0.15) is 6.10 Å². The lowest BCUT2D eigenvalue weighted by Gasteiger charge is -2.48. The second-order valence-corrected chi connectivity index (χ2v) is 13.9. The summed E-state index contributed by atoms with van der Waals surface area (Å²) in [5.74, 6) is -0.717. The molecule has 3 atom stereocenters. The van der Waals surface area contributed by atoms with Gasteiger partial charge in [0.05, 0.1) is 11.5 Å². The topological polar surface area (TPSA) is 81.0 Å². The van der Waals surface area contributed by atoms with Crippen molar-refractivity contribution in [3.8, 4) is 0 Å². The molecule has 3 aromatic rings. The summed E-state index contributed by atoms with van der Waals surface area (Å²) in [6, 6.07) is 28.5. The van der Waals surface area contributed by atoms with Crippen LogP contribution in [0.15, 0.2) is 91.0 Å². The van der Waals surface area contributed by atoms with Gasteiger partial charge in [-0.1, -0.05) is 201 Å². The fourth-order valence-corrected chi connectivity index (χ4v) is 7.31. The Hall–Kier alpha value is -2.99. The molecule has 0 radical (unpaired) electrons. The molecular formula is C43H63NO4. The summed E-state index contributed by atoms with van der Waals surface area (Å²) in [7, 11) is 3.10.